The van der Waals surface area contributed by atoms with Crippen LogP contribution in [-0.2, 0) is 22.5 Å². The molecule has 1 aromatic carbocycles. The molecular weight excluding hydrogens is 412 g/mol. The summed E-state index contributed by atoms with van der Waals surface area (Å²) >= 11 is 7.71. The van der Waals surface area contributed by atoms with Gasteiger partial charge < -0.3 is 15.0 Å². The maximum atomic E-state index is 13.8. The molecule has 2 rings (SSSR count). The third-order valence-corrected chi connectivity index (χ3v) is 3.91. The minimum absolute atomic E-state index is 0.135. The lowest BCUT2D eigenvalue weighted by Crippen LogP contribution is -2.20. The molecule has 0 aliphatic rings. The number of fused-ring (bicyclic) bond motifs is 1. The average molecular weight is 426 g/mol. The number of primary amides is 1. The van der Waals surface area contributed by atoms with E-state index >= 15 is 0 Å². The number of aromatic nitrogens is 2. The Labute approximate surface area is 139 Å². The first-order valence-corrected chi connectivity index (χ1v) is 7.90. The number of imidazole rings is 1. The lowest BCUT2D eigenvalue weighted by atomic mass is 10.3. The van der Waals surface area contributed by atoms with Gasteiger partial charge in [0.05, 0.1) is 21.2 Å². The molecule has 0 radical (unpaired) electrons. The molecule has 21 heavy (non-hydrogen) atoms. The predicted octanol–water partition coefficient (Wildman–Crippen LogP) is 2.06. The quantitative estimate of drug-likeness (QED) is 0.419. The molecular formula is C13H14ClFIN3O2. The number of halogens is 3. The lowest BCUT2D eigenvalue weighted by Gasteiger charge is -2.09. The van der Waals surface area contributed by atoms with Crippen molar-refractivity contribution in [2.75, 3.05) is 19.1 Å². The van der Waals surface area contributed by atoms with Gasteiger partial charge in [0.2, 0.25) is 5.91 Å². The first-order chi connectivity index (χ1) is 10.0. The SMILES string of the molecule is NC(=O)COCCn1c(CCCl)nc2cc(I)c(F)cc21. The van der Waals surface area contributed by atoms with E-state index in [1.54, 1.807) is 6.07 Å². The van der Waals surface area contributed by atoms with Gasteiger partial charge in [0.25, 0.3) is 0 Å². The molecule has 0 unspecified atom stereocenters. The van der Waals surface area contributed by atoms with Gasteiger partial charge in [-0.1, -0.05) is 0 Å². The van der Waals surface area contributed by atoms with Crippen LogP contribution in [0.5, 0.6) is 0 Å². The molecule has 0 fully saturated rings. The van der Waals surface area contributed by atoms with Crippen molar-refractivity contribution in [3.8, 4) is 0 Å². The Balaban J connectivity index is 2.27. The molecule has 0 bridgehead atoms. The summed E-state index contributed by atoms with van der Waals surface area (Å²) in [6.45, 7) is 0.608. The Hall–Kier alpha value is -0.930. The minimum atomic E-state index is -0.521. The van der Waals surface area contributed by atoms with Crippen LogP contribution in [0.4, 0.5) is 4.39 Å². The molecule has 5 nitrogen and oxygen atoms in total. The van der Waals surface area contributed by atoms with Gasteiger partial charge in [0.1, 0.15) is 18.2 Å². The number of carbonyl (C=O) groups is 1. The Morgan fingerprint density at radius 1 is 1.52 bits per heavy atom. The first kappa shape index (κ1) is 16.4. The lowest BCUT2D eigenvalue weighted by molar-refractivity contribution is -0.122. The van der Waals surface area contributed by atoms with E-state index in [2.05, 4.69) is 4.98 Å². The molecule has 0 saturated heterocycles. The highest BCUT2D eigenvalue weighted by atomic mass is 127. The fourth-order valence-electron chi connectivity index (χ4n) is 2.02. The van der Waals surface area contributed by atoms with Crippen molar-refractivity contribution in [3.05, 3.63) is 27.3 Å². The van der Waals surface area contributed by atoms with Gasteiger partial charge in [-0.05, 0) is 28.7 Å². The third-order valence-electron chi connectivity index (χ3n) is 2.89. The number of hydrogen-bond acceptors (Lipinski definition) is 3. The highest BCUT2D eigenvalue weighted by Crippen LogP contribution is 2.22. The number of nitrogens with zero attached hydrogens (tertiary/aromatic N) is 2. The van der Waals surface area contributed by atoms with Crippen LogP contribution in [0.1, 0.15) is 5.82 Å². The van der Waals surface area contributed by atoms with E-state index in [1.165, 1.54) is 6.07 Å². The van der Waals surface area contributed by atoms with Crippen molar-refractivity contribution in [1.82, 2.24) is 9.55 Å². The van der Waals surface area contributed by atoms with Gasteiger partial charge in [0, 0.05) is 24.9 Å². The second kappa shape index (κ2) is 7.37. The summed E-state index contributed by atoms with van der Waals surface area (Å²) in [5.41, 5.74) is 6.41. The van der Waals surface area contributed by atoms with Crippen molar-refractivity contribution in [1.29, 1.82) is 0 Å². The monoisotopic (exact) mass is 425 g/mol. The summed E-state index contributed by atoms with van der Waals surface area (Å²) in [4.78, 5) is 15.1. The van der Waals surface area contributed by atoms with Crippen LogP contribution in [-0.4, -0.2) is 34.6 Å². The zero-order valence-corrected chi connectivity index (χ0v) is 14.0. The van der Waals surface area contributed by atoms with Crippen LogP contribution in [0.3, 0.4) is 0 Å². The van der Waals surface area contributed by atoms with Gasteiger partial charge in [-0.3, -0.25) is 4.79 Å². The van der Waals surface area contributed by atoms with E-state index in [0.717, 1.165) is 11.3 Å². The molecule has 114 valence electrons. The van der Waals surface area contributed by atoms with Gasteiger partial charge in [0.15, 0.2) is 0 Å². The summed E-state index contributed by atoms with van der Waals surface area (Å²) in [5, 5.41) is 0. The van der Waals surface area contributed by atoms with E-state index in [4.69, 9.17) is 22.1 Å². The van der Waals surface area contributed by atoms with Crippen molar-refractivity contribution in [3.63, 3.8) is 0 Å². The van der Waals surface area contributed by atoms with Crippen LogP contribution < -0.4 is 5.73 Å². The fourth-order valence-corrected chi connectivity index (χ4v) is 2.64. The first-order valence-electron chi connectivity index (χ1n) is 6.29. The Bertz CT molecular complexity index is 662. The summed E-state index contributed by atoms with van der Waals surface area (Å²) in [6, 6.07) is 3.15. The topological polar surface area (TPSA) is 70.1 Å². The van der Waals surface area contributed by atoms with E-state index < -0.39 is 5.91 Å². The second-order valence-electron chi connectivity index (χ2n) is 4.39. The molecule has 2 aromatic rings. The fraction of sp³-hybridized carbons (Fsp3) is 0.385. The number of benzene rings is 1. The number of ether oxygens (including phenoxy) is 1. The van der Waals surface area contributed by atoms with E-state index in [-0.39, 0.29) is 19.0 Å². The van der Waals surface area contributed by atoms with Crippen LogP contribution in [0, 0.1) is 9.39 Å². The number of amides is 1. The number of hydrogen-bond donors (Lipinski definition) is 1. The number of alkyl halides is 1. The number of aryl methyl sites for hydroxylation is 1. The highest BCUT2D eigenvalue weighted by Gasteiger charge is 2.13. The Morgan fingerprint density at radius 2 is 2.29 bits per heavy atom. The van der Waals surface area contributed by atoms with Crippen molar-refractivity contribution in [2.45, 2.75) is 13.0 Å². The van der Waals surface area contributed by atoms with Crippen LogP contribution in [0.15, 0.2) is 12.1 Å². The molecule has 8 heteroatoms. The molecule has 0 spiro atoms. The van der Waals surface area contributed by atoms with Gasteiger partial charge in [-0.2, -0.15) is 0 Å². The highest BCUT2D eigenvalue weighted by molar-refractivity contribution is 14.1. The van der Waals surface area contributed by atoms with Crippen LogP contribution in [0.2, 0.25) is 0 Å². The zero-order chi connectivity index (χ0) is 15.4. The number of nitrogens with two attached hydrogens (primary N) is 1. The summed E-state index contributed by atoms with van der Waals surface area (Å²) in [5.74, 6) is 0.376. The number of rotatable bonds is 7. The van der Waals surface area contributed by atoms with Gasteiger partial charge in [-0.15, -0.1) is 11.6 Å². The molecule has 0 saturated carbocycles. The summed E-state index contributed by atoms with van der Waals surface area (Å²) in [7, 11) is 0. The predicted molar refractivity (Wildman–Crippen MR) is 86.8 cm³/mol. The Kier molecular flexibility index (Phi) is 5.77. The van der Waals surface area contributed by atoms with Crippen LogP contribution in [0.25, 0.3) is 11.0 Å². The second-order valence-corrected chi connectivity index (χ2v) is 5.93. The van der Waals surface area contributed by atoms with Crippen molar-refractivity contribution in [2.24, 2.45) is 5.73 Å². The summed E-state index contributed by atoms with van der Waals surface area (Å²) in [6.07, 6.45) is 0.574. The van der Waals surface area contributed by atoms with Crippen molar-refractivity contribution < 1.29 is 13.9 Å². The molecule has 0 aliphatic carbocycles. The van der Waals surface area contributed by atoms with Crippen molar-refractivity contribution >= 4 is 51.1 Å². The van der Waals surface area contributed by atoms with Gasteiger partial charge >= 0.3 is 0 Å². The van der Waals surface area contributed by atoms with Crippen LogP contribution >= 0.6 is 34.2 Å². The van der Waals surface area contributed by atoms with E-state index in [1.807, 2.05) is 27.2 Å². The molecule has 0 aliphatic heterocycles. The van der Waals surface area contributed by atoms with Gasteiger partial charge in [-0.25, -0.2) is 9.37 Å². The normalized spacial score (nSPS) is 11.2. The molecule has 1 heterocycles. The maximum Gasteiger partial charge on any atom is 0.243 e. The average Bonchev–Trinajstić information content (AvgIpc) is 2.73. The minimum Gasteiger partial charge on any atom is -0.370 e. The van der Waals surface area contributed by atoms with E-state index in [9.17, 15) is 9.18 Å². The number of carbonyl (C=O) groups excluding carboxylic acids is 1. The largest absolute Gasteiger partial charge is 0.370 e. The van der Waals surface area contributed by atoms with E-state index in [0.29, 0.717) is 27.9 Å². The summed E-state index contributed by atoms with van der Waals surface area (Å²) < 4.78 is 21.3. The Morgan fingerprint density at radius 3 is 2.95 bits per heavy atom. The smallest absolute Gasteiger partial charge is 0.243 e. The standard InChI is InChI=1S/C13H14ClFIN3O2/c14-2-1-13-18-10-6-9(16)8(15)5-11(10)19(13)3-4-21-7-12(17)20/h5-6H,1-4,7H2,(H2,17,20). The zero-order valence-electron chi connectivity index (χ0n) is 11.1. The molecule has 0 atom stereocenters. The molecule has 2 N–H and O–H groups in total. The maximum absolute atomic E-state index is 13.8. The molecule has 1 aromatic heterocycles. The molecule has 1 amide bonds. The third kappa shape index (κ3) is 4.04.